The van der Waals surface area contributed by atoms with Crippen molar-refractivity contribution in [2.24, 2.45) is 0 Å². The van der Waals surface area contributed by atoms with Crippen LogP contribution >= 0.6 is 11.6 Å². The summed E-state index contributed by atoms with van der Waals surface area (Å²) in [5.41, 5.74) is 2.34. The zero-order valence-electron chi connectivity index (χ0n) is 16.9. The van der Waals surface area contributed by atoms with Crippen LogP contribution in [-0.4, -0.2) is 23.3 Å². The predicted octanol–water partition coefficient (Wildman–Crippen LogP) is 5.25. The summed E-state index contributed by atoms with van der Waals surface area (Å²) in [6, 6.07) is 25.9. The van der Waals surface area contributed by atoms with Crippen molar-refractivity contribution >= 4 is 23.4 Å². The molecular weight excluding hydrogens is 396 g/mol. The van der Waals surface area contributed by atoms with Crippen LogP contribution in [-0.2, 0) is 11.3 Å². The highest BCUT2D eigenvalue weighted by Crippen LogP contribution is 2.21. The molecule has 2 amide bonds. The molecule has 1 unspecified atom stereocenters. The third kappa shape index (κ3) is 5.71. The smallest absolute Gasteiger partial charge is 0.253 e. The lowest BCUT2D eigenvalue weighted by Gasteiger charge is -2.25. The van der Waals surface area contributed by atoms with Gasteiger partial charge in [0.25, 0.3) is 5.91 Å². The van der Waals surface area contributed by atoms with E-state index in [1.54, 1.807) is 29.2 Å². The summed E-state index contributed by atoms with van der Waals surface area (Å²) in [6.07, 6.45) is 0.168. The summed E-state index contributed by atoms with van der Waals surface area (Å²) in [5, 5.41) is 3.38. The van der Waals surface area contributed by atoms with Gasteiger partial charge in [0.15, 0.2) is 0 Å². The summed E-state index contributed by atoms with van der Waals surface area (Å²) in [7, 11) is 0. The second-order valence-corrected chi connectivity index (χ2v) is 7.42. The van der Waals surface area contributed by atoms with Gasteiger partial charge >= 0.3 is 0 Å². The lowest BCUT2D eigenvalue weighted by Crippen LogP contribution is -2.36. The molecule has 3 rings (SSSR count). The Labute approximate surface area is 182 Å². The van der Waals surface area contributed by atoms with E-state index in [4.69, 9.17) is 11.6 Å². The number of nitrogens with zero attached hydrogens (tertiary/aromatic N) is 1. The number of benzene rings is 3. The van der Waals surface area contributed by atoms with Gasteiger partial charge in [0.1, 0.15) is 0 Å². The molecule has 154 valence electrons. The fraction of sp³-hybridized carbons (Fsp3) is 0.200. The standard InChI is InChI=1S/C25H25ClN2O2/c1-2-28(18-19-11-5-3-6-12-19)24(29)17-23(20-13-7-4-8-14-20)27-25(30)21-15-9-10-16-22(21)26/h3-16,23H,2,17-18H2,1H3,(H,27,30). The molecule has 0 saturated heterocycles. The number of hydrogen-bond donors (Lipinski definition) is 1. The Kier molecular flexibility index (Phi) is 7.63. The second kappa shape index (κ2) is 10.6. The molecule has 30 heavy (non-hydrogen) atoms. The Morgan fingerprint density at radius 1 is 0.900 bits per heavy atom. The Morgan fingerprint density at radius 2 is 1.50 bits per heavy atom. The van der Waals surface area contributed by atoms with E-state index in [2.05, 4.69) is 5.32 Å². The summed E-state index contributed by atoms with van der Waals surface area (Å²) >= 11 is 6.18. The highest BCUT2D eigenvalue weighted by atomic mass is 35.5. The third-order valence-electron chi connectivity index (χ3n) is 4.96. The summed E-state index contributed by atoms with van der Waals surface area (Å²) < 4.78 is 0. The zero-order chi connectivity index (χ0) is 21.3. The summed E-state index contributed by atoms with van der Waals surface area (Å²) in [5.74, 6) is -0.317. The first-order valence-corrected chi connectivity index (χ1v) is 10.4. The minimum Gasteiger partial charge on any atom is -0.345 e. The minimum atomic E-state index is -0.452. The van der Waals surface area contributed by atoms with Crippen molar-refractivity contribution in [1.82, 2.24) is 10.2 Å². The number of carbonyl (C=O) groups excluding carboxylic acids is 2. The minimum absolute atomic E-state index is 0.0188. The van der Waals surface area contributed by atoms with Crippen molar-refractivity contribution < 1.29 is 9.59 Å². The van der Waals surface area contributed by atoms with Crippen LogP contribution in [0, 0.1) is 0 Å². The maximum absolute atomic E-state index is 13.1. The quantitative estimate of drug-likeness (QED) is 0.541. The number of carbonyl (C=O) groups is 2. The maximum Gasteiger partial charge on any atom is 0.253 e. The molecule has 0 aliphatic heterocycles. The van der Waals surface area contributed by atoms with E-state index in [0.717, 1.165) is 11.1 Å². The van der Waals surface area contributed by atoms with Gasteiger partial charge in [-0.1, -0.05) is 84.4 Å². The van der Waals surface area contributed by atoms with Crippen LogP contribution < -0.4 is 5.32 Å². The van der Waals surface area contributed by atoms with Crippen LogP contribution in [0.4, 0.5) is 0 Å². The van der Waals surface area contributed by atoms with Gasteiger partial charge < -0.3 is 10.2 Å². The van der Waals surface area contributed by atoms with Crippen LogP contribution in [0.5, 0.6) is 0 Å². The third-order valence-corrected chi connectivity index (χ3v) is 5.28. The van der Waals surface area contributed by atoms with Gasteiger partial charge in [-0.25, -0.2) is 0 Å². The molecule has 1 N–H and O–H groups in total. The first kappa shape index (κ1) is 21.6. The van der Waals surface area contributed by atoms with Crippen molar-refractivity contribution in [1.29, 1.82) is 0 Å². The molecule has 0 aliphatic carbocycles. The molecule has 0 aromatic heterocycles. The molecule has 0 heterocycles. The molecule has 0 radical (unpaired) electrons. The van der Waals surface area contributed by atoms with Crippen molar-refractivity contribution in [3.05, 3.63) is 107 Å². The number of hydrogen-bond acceptors (Lipinski definition) is 2. The molecule has 4 nitrogen and oxygen atoms in total. The van der Waals surface area contributed by atoms with Crippen molar-refractivity contribution in [2.45, 2.75) is 25.9 Å². The highest BCUT2D eigenvalue weighted by Gasteiger charge is 2.23. The molecule has 3 aromatic rings. The molecule has 1 atom stereocenters. The molecule has 0 aliphatic rings. The predicted molar refractivity (Wildman–Crippen MR) is 120 cm³/mol. The van der Waals surface area contributed by atoms with Gasteiger partial charge in [0.2, 0.25) is 5.91 Å². The summed E-state index contributed by atoms with van der Waals surface area (Å²) in [4.78, 5) is 27.7. The van der Waals surface area contributed by atoms with Crippen molar-refractivity contribution in [2.75, 3.05) is 6.54 Å². The summed E-state index contributed by atoms with van der Waals surface area (Å²) in [6.45, 7) is 3.09. The van der Waals surface area contributed by atoms with Crippen LogP contribution in [0.3, 0.4) is 0 Å². The number of halogens is 1. The molecule has 0 saturated carbocycles. The first-order valence-electron chi connectivity index (χ1n) is 10.0. The first-order chi connectivity index (χ1) is 14.6. The van der Waals surface area contributed by atoms with Crippen LogP contribution in [0.2, 0.25) is 5.02 Å². The molecule has 0 fully saturated rings. The van der Waals surface area contributed by atoms with E-state index in [1.807, 2.05) is 67.6 Å². The fourth-order valence-electron chi connectivity index (χ4n) is 3.30. The van der Waals surface area contributed by atoms with Gasteiger partial charge in [-0.3, -0.25) is 9.59 Å². The normalized spacial score (nSPS) is 11.5. The molecule has 0 spiro atoms. The van der Waals surface area contributed by atoms with E-state index in [0.29, 0.717) is 23.7 Å². The van der Waals surface area contributed by atoms with Crippen LogP contribution in [0.25, 0.3) is 0 Å². The average Bonchev–Trinajstić information content (AvgIpc) is 2.78. The van der Waals surface area contributed by atoms with Gasteiger partial charge in [0, 0.05) is 13.1 Å². The largest absolute Gasteiger partial charge is 0.345 e. The van der Waals surface area contributed by atoms with Crippen molar-refractivity contribution in [3.63, 3.8) is 0 Å². The topological polar surface area (TPSA) is 49.4 Å². The SMILES string of the molecule is CCN(Cc1ccccc1)C(=O)CC(NC(=O)c1ccccc1Cl)c1ccccc1. The number of amides is 2. The molecular formula is C25H25ClN2O2. The lowest BCUT2D eigenvalue weighted by atomic mass is 10.0. The highest BCUT2D eigenvalue weighted by molar-refractivity contribution is 6.33. The number of rotatable bonds is 8. The molecule has 3 aromatic carbocycles. The van der Waals surface area contributed by atoms with E-state index in [9.17, 15) is 9.59 Å². The van der Waals surface area contributed by atoms with Gasteiger partial charge in [-0.05, 0) is 30.2 Å². The van der Waals surface area contributed by atoms with E-state index in [1.165, 1.54) is 0 Å². The van der Waals surface area contributed by atoms with Gasteiger partial charge in [0.05, 0.1) is 23.0 Å². The van der Waals surface area contributed by atoms with E-state index >= 15 is 0 Å². The Hall–Kier alpha value is -3.11. The Morgan fingerprint density at radius 3 is 2.13 bits per heavy atom. The monoisotopic (exact) mass is 420 g/mol. The fourth-order valence-corrected chi connectivity index (χ4v) is 3.52. The van der Waals surface area contributed by atoms with Gasteiger partial charge in [-0.2, -0.15) is 0 Å². The average molecular weight is 421 g/mol. The van der Waals surface area contributed by atoms with Gasteiger partial charge in [-0.15, -0.1) is 0 Å². The lowest BCUT2D eigenvalue weighted by molar-refractivity contribution is -0.132. The molecule has 5 heteroatoms. The molecule has 0 bridgehead atoms. The van der Waals surface area contributed by atoms with E-state index < -0.39 is 6.04 Å². The van der Waals surface area contributed by atoms with Crippen LogP contribution in [0.1, 0.15) is 40.9 Å². The number of nitrogens with one attached hydrogen (secondary N) is 1. The maximum atomic E-state index is 13.1. The Balaban J connectivity index is 1.78. The Bertz CT molecular complexity index is 977. The second-order valence-electron chi connectivity index (χ2n) is 7.01. The van der Waals surface area contributed by atoms with Crippen LogP contribution in [0.15, 0.2) is 84.9 Å². The van der Waals surface area contributed by atoms with Crippen molar-refractivity contribution in [3.8, 4) is 0 Å². The van der Waals surface area contributed by atoms with E-state index in [-0.39, 0.29) is 18.2 Å². The zero-order valence-corrected chi connectivity index (χ0v) is 17.7.